The number of fused-ring (bicyclic) bond motifs is 1. The van der Waals surface area contributed by atoms with Gasteiger partial charge in [-0.05, 0) is 12.5 Å². The molecule has 1 unspecified atom stereocenters. The monoisotopic (exact) mass is 259 g/mol. The molecule has 0 N–H and O–H groups in total. The van der Waals surface area contributed by atoms with Crippen molar-refractivity contribution in [2.75, 3.05) is 13.7 Å². The van der Waals surface area contributed by atoms with E-state index in [0.717, 1.165) is 0 Å². The second-order valence-corrected chi connectivity index (χ2v) is 5.69. The lowest BCUT2D eigenvalue weighted by Crippen LogP contribution is -2.47. The molecule has 5 atom stereocenters. The van der Waals surface area contributed by atoms with E-state index in [9.17, 15) is 4.57 Å². The van der Waals surface area contributed by atoms with E-state index < -0.39 is 31.6 Å². The van der Waals surface area contributed by atoms with E-state index in [4.69, 9.17) is 27.2 Å². The van der Waals surface area contributed by atoms with Gasteiger partial charge in [-0.1, -0.05) is 5.11 Å². The highest BCUT2D eigenvalue weighted by molar-refractivity contribution is 7.48. The third-order valence-electron chi connectivity index (χ3n) is 2.93. The maximum atomic E-state index is 11.8. The van der Waals surface area contributed by atoms with Crippen LogP contribution in [0.5, 0.6) is 0 Å². The Labute approximate surface area is 99.2 Å². The molecule has 0 bridgehead atoms. The van der Waals surface area contributed by atoms with Crippen molar-refractivity contribution in [2.24, 2.45) is 5.11 Å². The third kappa shape index (κ3) is 1.99. The van der Waals surface area contributed by atoms with Crippen molar-refractivity contribution in [3.63, 3.8) is 0 Å². The normalized spacial score (nSPS) is 49.4. The molecule has 2 heterocycles. The number of ether oxygens (including phenoxy) is 1. The van der Waals surface area contributed by atoms with Crippen molar-refractivity contribution in [2.45, 2.75) is 30.7 Å². The van der Waals surface area contributed by atoms with E-state index in [-0.39, 0.29) is 6.61 Å². The van der Waals surface area contributed by atoms with Gasteiger partial charge in [-0.3, -0.25) is 13.6 Å². The first-order chi connectivity index (χ1) is 7.95. The van der Waals surface area contributed by atoms with E-state index in [1.54, 1.807) is 6.92 Å². The van der Waals surface area contributed by atoms with Crippen LogP contribution in [0.25, 0.3) is 10.4 Å². The SMILES string of the molecule is [B][C@@H]1O[C@@H]2COP(=O)(OC)O[C@H]2[C@@]1(C)N=[N+]=[N-]. The Morgan fingerprint density at radius 3 is 3.00 bits per heavy atom. The topological polar surface area (TPSA) is 103 Å². The Balaban J connectivity index is 2.31. The fraction of sp³-hybridized carbons (Fsp3) is 1.00. The second kappa shape index (κ2) is 4.28. The molecule has 92 valence electrons. The Morgan fingerprint density at radius 1 is 1.71 bits per heavy atom. The quantitative estimate of drug-likeness (QED) is 0.243. The number of phosphoric ester groups is 1. The Kier molecular flexibility index (Phi) is 3.24. The highest BCUT2D eigenvalue weighted by Crippen LogP contribution is 2.57. The van der Waals surface area contributed by atoms with Crippen molar-refractivity contribution in [1.82, 2.24) is 0 Å². The zero-order valence-electron chi connectivity index (χ0n) is 9.35. The van der Waals surface area contributed by atoms with Crippen molar-refractivity contribution in [3.8, 4) is 0 Å². The summed E-state index contributed by atoms with van der Waals surface area (Å²) in [7, 11) is 3.33. The summed E-state index contributed by atoms with van der Waals surface area (Å²) in [6.07, 6.45) is -1.29. The third-order valence-corrected chi connectivity index (χ3v) is 4.33. The Morgan fingerprint density at radius 2 is 2.41 bits per heavy atom. The summed E-state index contributed by atoms with van der Waals surface area (Å²) in [4.78, 5) is 2.72. The molecular formula is C7H11BN3O5P. The second-order valence-electron chi connectivity index (χ2n) is 3.96. The highest BCUT2D eigenvalue weighted by Gasteiger charge is 2.57. The molecule has 10 heteroatoms. The number of azide groups is 1. The molecule has 2 saturated heterocycles. The minimum atomic E-state index is -3.61. The summed E-state index contributed by atoms with van der Waals surface area (Å²) in [5.41, 5.74) is 7.41. The first-order valence-electron chi connectivity index (χ1n) is 4.91. The average molecular weight is 259 g/mol. The van der Waals surface area contributed by atoms with Gasteiger partial charge in [0.1, 0.15) is 20.1 Å². The fourth-order valence-corrected chi connectivity index (χ4v) is 3.09. The lowest BCUT2D eigenvalue weighted by molar-refractivity contribution is -0.0481. The zero-order valence-corrected chi connectivity index (χ0v) is 10.2. The van der Waals surface area contributed by atoms with Crippen LogP contribution in [0, 0.1) is 0 Å². The highest BCUT2D eigenvalue weighted by atomic mass is 31.2. The van der Waals surface area contributed by atoms with Gasteiger partial charge in [0.25, 0.3) is 0 Å². The van der Waals surface area contributed by atoms with Gasteiger partial charge in [0.2, 0.25) is 0 Å². The minimum Gasteiger partial charge on any atom is -0.379 e. The van der Waals surface area contributed by atoms with Gasteiger partial charge < -0.3 is 4.74 Å². The first kappa shape index (κ1) is 12.9. The molecule has 2 rings (SSSR count). The van der Waals surface area contributed by atoms with E-state index in [1.807, 2.05) is 0 Å². The van der Waals surface area contributed by atoms with Gasteiger partial charge in [-0.2, -0.15) is 0 Å². The van der Waals surface area contributed by atoms with Crippen LogP contribution in [0.1, 0.15) is 6.92 Å². The average Bonchev–Trinajstić information content (AvgIpc) is 2.53. The van der Waals surface area contributed by atoms with Gasteiger partial charge in [0.05, 0.1) is 12.1 Å². The minimum absolute atomic E-state index is 0.0139. The number of hydrogen-bond acceptors (Lipinski definition) is 6. The van der Waals surface area contributed by atoms with Gasteiger partial charge in [-0.15, -0.1) is 0 Å². The summed E-state index contributed by atoms with van der Waals surface area (Å²) in [5.74, 6) is 0. The molecule has 2 aliphatic heterocycles. The molecule has 2 aliphatic rings. The molecule has 8 nitrogen and oxygen atoms in total. The maximum absolute atomic E-state index is 11.8. The zero-order chi connectivity index (χ0) is 12.7. The summed E-state index contributed by atoms with van der Waals surface area (Å²) in [6.45, 7) is 1.59. The molecule has 2 radical (unpaired) electrons. The summed E-state index contributed by atoms with van der Waals surface area (Å²) in [5, 5.41) is 3.59. The molecule has 0 aromatic rings. The molecule has 0 aromatic heterocycles. The van der Waals surface area contributed by atoms with Crippen molar-refractivity contribution in [1.29, 1.82) is 0 Å². The van der Waals surface area contributed by atoms with Crippen molar-refractivity contribution < 1.29 is 22.9 Å². The molecule has 17 heavy (non-hydrogen) atoms. The number of nitrogens with zero attached hydrogens (tertiary/aromatic N) is 3. The predicted octanol–water partition coefficient (Wildman–Crippen LogP) is 1.12. The van der Waals surface area contributed by atoms with Gasteiger partial charge >= 0.3 is 7.82 Å². The van der Waals surface area contributed by atoms with Gasteiger partial charge in [-0.25, -0.2) is 4.57 Å². The molecule has 0 aliphatic carbocycles. The molecule has 2 fully saturated rings. The molecule has 0 aromatic carbocycles. The van der Waals surface area contributed by atoms with Crippen LogP contribution in [0.2, 0.25) is 0 Å². The summed E-state index contributed by atoms with van der Waals surface area (Å²) in [6, 6.07) is -0.847. The van der Waals surface area contributed by atoms with E-state index in [2.05, 4.69) is 14.5 Å². The fourth-order valence-electron chi connectivity index (χ4n) is 1.88. The lowest BCUT2D eigenvalue weighted by Gasteiger charge is -2.34. The Hall–Kier alpha value is -0.555. The largest absolute Gasteiger partial charge is 0.474 e. The number of hydrogen-bond donors (Lipinski definition) is 0. The van der Waals surface area contributed by atoms with Gasteiger partial charge in [0.15, 0.2) is 0 Å². The van der Waals surface area contributed by atoms with E-state index in [0.29, 0.717) is 0 Å². The van der Waals surface area contributed by atoms with Crippen molar-refractivity contribution >= 4 is 15.7 Å². The van der Waals surface area contributed by atoms with Crippen LogP contribution >= 0.6 is 7.82 Å². The summed E-state index contributed by atoms with van der Waals surface area (Å²) < 4.78 is 32.0. The number of rotatable bonds is 2. The van der Waals surface area contributed by atoms with Crippen LogP contribution in [0.3, 0.4) is 0 Å². The molecular weight excluding hydrogens is 248 g/mol. The van der Waals surface area contributed by atoms with Crippen LogP contribution in [-0.4, -0.2) is 45.3 Å². The standard InChI is InChI=1S/C7H11BN3O5P/c1-7(10-11-9)5-4(15-6(7)8)3-14-17(12,13-2)16-5/h4-6H,3H2,1-2H3/t4-,5-,6-,7-,17?/m1/s1. The van der Waals surface area contributed by atoms with Crippen LogP contribution in [-0.2, 0) is 22.9 Å². The predicted molar refractivity (Wildman–Crippen MR) is 57.4 cm³/mol. The van der Waals surface area contributed by atoms with E-state index in [1.165, 1.54) is 7.11 Å². The summed E-state index contributed by atoms with van der Waals surface area (Å²) >= 11 is 0. The Bertz CT molecular complexity index is 416. The first-order valence-corrected chi connectivity index (χ1v) is 6.37. The molecule has 0 spiro atoms. The van der Waals surface area contributed by atoms with Gasteiger partial charge in [0, 0.05) is 18.0 Å². The van der Waals surface area contributed by atoms with E-state index >= 15 is 0 Å². The lowest BCUT2D eigenvalue weighted by atomic mass is 9.79. The van der Waals surface area contributed by atoms with Crippen LogP contribution in [0.4, 0.5) is 0 Å². The molecule has 0 amide bonds. The maximum Gasteiger partial charge on any atom is 0.474 e. The smallest absolute Gasteiger partial charge is 0.379 e. The van der Waals surface area contributed by atoms with Crippen LogP contribution in [0.15, 0.2) is 5.11 Å². The van der Waals surface area contributed by atoms with Crippen molar-refractivity contribution in [3.05, 3.63) is 10.4 Å². The number of phosphoric acid groups is 1. The van der Waals surface area contributed by atoms with Crippen LogP contribution < -0.4 is 0 Å². The molecule has 0 saturated carbocycles.